The maximum atomic E-state index is 6.04. The summed E-state index contributed by atoms with van der Waals surface area (Å²) in [6.45, 7) is 6.44. The number of hydrogen-bond acceptors (Lipinski definition) is 6. The number of nitrogens with zero attached hydrogens (tertiary/aromatic N) is 3. The van der Waals surface area contributed by atoms with E-state index in [0.717, 1.165) is 31.0 Å². The van der Waals surface area contributed by atoms with E-state index in [-0.39, 0.29) is 12.2 Å². The fourth-order valence-corrected chi connectivity index (χ4v) is 3.23. The smallest absolute Gasteiger partial charge is 0.251 e. The fourth-order valence-electron chi connectivity index (χ4n) is 3.23. The van der Waals surface area contributed by atoms with Crippen LogP contribution in [-0.2, 0) is 11.3 Å². The Balaban J connectivity index is 1.50. The van der Waals surface area contributed by atoms with Gasteiger partial charge in [0.1, 0.15) is 11.9 Å². The average molecular weight is 339 g/mol. The third-order valence-electron chi connectivity index (χ3n) is 4.39. The number of furan rings is 1. The second kappa shape index (κ2) is 6.82. The van der Waals surface area contributed by atoms with Gasteiger partial charge in [-0.05, 0) is 25.5 Å². The molecule has 2 aromatic heterocycles. The van der Waals surface area contributed by atoms with Crippen LogP contribution in [-0.4, -0.2) is 34.3 Å². The van der Waals surface area contributed by atoms with E-state index in [1.165, 1.54) is 5.56 Å². The van der Waals surface area contributed by atoms with E-state index in [9.17, 15) is 0 Å². The lowest BCUT2D eigenvalue weighted by Crippen LogP contribution is -2.42. The first kappa shape index (κ1) is 16.1. The highest BCUT2D eigenvalue weighted by atomic mass is 16.5. The molecule has 25 heavy (non-hydrogen) atoms. The van der Waals surface area contributed by atoms with E-state index in [0.29, 0.717) is 11.8 Å². The molecule has 1 aliphatic rings. The van der Waals surface area contributed by atoms with Crippen LogP contribution in [0.15, 0.2) is 51.5 Å². The Labute approximate surface area is 146 Å². The number of benzene rings is 1. The van der Waals surface area contributed by atoms with Crippen LogP contribution in [0.25, 0.3) is 11.5 Å². The Bertz CT molecular complexity index is 827. The van der Waals surface area contributed by atoms with Gasteiger partial charge in [-0.2, -0.15) is 0 Å². The molecule has 6 nitrogen and oxygen atoms in total. The maximum absolute atomic E-state index is 6.04. The van der Waals surface area contributed by atoms with Gasteiger partial charge in [0.25, 0.3) is 5.89 Å². The van der Waals surface area contributed by atoms with Crippen LogP contribution in [0.1, 0.15) is 30.2 Å². The molecule has 1 aromatic carbocycles. The van der Waals surface area contributed by atoms with E-state index < -0.39 is 0 Å². The topological polar surface area (TPSA) is 64.5 Å². The van der Waals surface area contributed by atoms with E-state index in [4.69, 9.17) is 13.6 Å². The van der Waals surface area contributed by atoms with Gasteiger partial charge in [-0.15, -0.1) is 10.2 Å². The van der Waals surface area contributed by atoms with E-state index in [1.807, 2.05) is 19.1 Å². The average Bonchev–Trinajstić information content (AvgIpc) is 3.24. The van der Waals surface area contributed by atoms with E-state index in [2.05, 4.69) is 46.3 Å². The lowest BCUT2D eigenvalue weighted by Gasteiger charge is -2.35. The Morgan fingerprint density at radius 2 is 1.96 bits per heavy atom. The van der Waals surface area contributed by atoms with Gasteiger partial charge in [-0.25, -0.2) is 0 Å². The van der Waals surface area contributed by atoms with Gasteiger partial charge < -0.3 is 13.6 Å². The molecule has 2 atom stereocenters. The number of rotatable bonds is 4. The summed E-state index contributed by atoms with van der Waals surface area (Å²) in [5, 5.41) is 8.36. The zero-order chi connectivity index (χ0) is 17.2. The number of morpholine rings is 1. The second-order valence-electron chi connectivity index (χ2n) is 6.45. The summed E-state index contributed by atoms with van der Waals surface area (Å²) < 4.78 is 17.2. The zero-order valence-corrected chi connectivity index (χ0v) is 14.4. The normalized spacial score (nSPS) is 21.5. The summed E-state index contributed by atoms with van der Waals surface area (Å²) >= 11 is 0. The van der Waals surface area contributed by atoms with Gasteiger partial charge >= 0.3 is 0 Å². The van der Waals surface area contributed by atoms with Gasteiger partial charge in [0.05, 0.1) is 17.9 Å². The molecule has 0 spiro atoms. The zero-order valence-electron chi connectivity index (χ0n) is 14.4. The summed E-state index contributed by atoms with van der Waals surface area (Å²) in [7, 11) is 0. The van der Waals surface area contributed by atoms with Crippen LogP contribution in [0.3, 0.4) is 0 Å². The fraction of sp³-hybridized carbons (Fsp3) is 0.368. The minimum Gasteiger partial charge on any atom is -0.469 e. The molecule has 6 heteroatoms. The molecule has 0 unspecified atom stereocenters. The van der Waals surface area contributed by atoms with Crippen molar-refractivity contribution in [3.63, 3.8) is 0 Å². The van der Waals surface area contributed by atoms with E-state index in [1.54, 1.807) is 6.26 Å². The molecule has 1 aliphatic heterocycles. The number of hydrogen-bond donors (Lipinski definition) is 0. The molecular weight excluding hydrogens is 318 g/mol. The lowest BCUT2D eigenvalue weighted by molar-refractivity contribution is -0.0914. The van der Waals surface area contributed by atoms with Crippen molar-refractivity contribution in [1.82, 2.24) is 15.1 Å². The molecule has 130 valence electrons. The number of ether oxygens (including phenoxy) is 1. The molecule has 4 rings (SSSR count). The molecule has 0 bridgehead atoms. The lowest BCUT2D eigenvalue weighted by atomic mass is 10.1. The van der Waals surface area contributed by atoms with Gasteiger partial charge in [-0.1, -0.05) is 30.3 Å². The summed E-state index contributed by atoms with van der Waals surface area (Å²) in [4.78, 5) is 2.36. The number of aromatic nitrogens is 2. The predicted octanol–water partition coefficient (Wildman–Crippen LogP) is 3.60. The van der Waals surface area contributed by atoms with Crippen LogP contribution >= 0.6 is 0 Å². The van der Waals surface area contributed by atoms with Crippen LogP contribution in [0.2, 0.25) is 0 Å². The van der Waals surface area contributed by atoms with Crippen molar-refractivity contribution in [2.24, 2.45) is 0 Å². The van der Waals surface area contributed by atoms with Gasteiger partial charge in [0.15, 0.2) is 0 Å². The Morgan fingerprint density at radius 3 is 2.72 bits per heavy atom. The van der Waals surface area contributed by atoms with Crippen molar-refractivity contribution >= 4 is 0 Å². The highest BCUT2D eigenvalue weighted by molar-refractivity contribution is 5.54. The first-order valence-corrected chi connectivity index (χ1v) is 8.48. The molecule has 0 radical (unpaired) electrons. The highest BCUT2D eigenvalue weighted by Crippen LogP contribution is 2.29. The van der Waals surface area contributed by atoms with Crippen LogP contribution < -0.4 is 0 Å². The Hall–Kier alpha value is -2.44. The summed E-state index contributed by atoms with van der Waals surface area (Å²) in [6.07, 6.45) is 1.50. The standard InChI is InChI=1S/C19H21N3O3/c1-13-10-22(11-15-6-4-3-5-7-15)12-17(24-13)19-21-20-18(25-19)16-8-9-23-14(16)2/h3-9,13,17H,10-12H2,1-2H3/t13-,17-/m1/s1. The maximum Gasteiger partial charge on any atom is 0.251 e. The minimum absolute atomic E-state index is 0.105. The molecule has 0 amide bonds. The van der Waals surface area contributed by atoms with Crippen molar-refractivity contribution in [3.8, 4) is 11.5 Å². The Morgan fingerprint density at radius 1 is 1.12 bits per heavy atom. The monoisotopic (exact) mass is 339 g/mol. The Kier molecular flexibility index (Phi) is 4.38. The molecular formula is C19H21N3O3. The molecule has 0 saturated carbocycles. The molecule has 1 saturated heterocycles. The van der Waals surface area contributed by atoms with Crippen LogP contribution in [0.4, 0.5) is 0 Å². The summed E-state index contributed by atoms with van der Waals surface area (Å²) in [5.41, 5.74) is 2.11. The van der Waals surface area contributed by atoms with Gasteiger partial charge in [0, 0.05) is 19.6 Å². The van der Waals surface area contributed by atoms with Crippen molar-refractivity contribution in [3.05, 3.63) is 59.9 Å². The van der Waals surface area contributed by atoms with Crippen molar-refractivity contribution in [2.75, 3.05) is 13.1 Å². The number of aryl methyl sites for hydroxylation is 1. The predicted molar refractivity (Wildman–Crippen MR) is 91.7 cm³/mol. The molecule has 3 heterocycles. The van der Waals surface area contributed by atoms with Gasteiger partial charge in [0.2, 0.25) is 5.89 Å². The van der Waals surface area contributed by atoms with Crippen LogP contribution in [0.5, 0.6) is 0 Å². The highest BCUT2D eigenvalue weighted by Gasteiger charge is 2.30. The molecule has 0 N–H and O–H groups in total. The first-order chi connectivity index (χ1) is 12.2. The quantitative estimate of drug-likeness (QED) is 0.724. The molecule has 1 fully saturated rings. The largest absolute Gasteiger partial charge is 0.469 e. The van der Waals surface area contributed by atoms with Crippen LogP contribution in [0, 0.1) is 6.92 Å². The third-order valence-corrected chi connectivity index (χ3v) is 4.39. The van der Waals surface area contributed by atoms with Crippen molar-refractivity contribution < 1.29 is 13.6 Å². The summed E-state index contributed by atoms with van der Waals surface area (Å²) in [6, 6.07) is 12.3. The first-order valence-electron chi connectivity index (χ1n) is 8.48. The van der Waals surface area contributed by atoms with Gasteiger partial charge in [-0.3, -0.25) is 4.90 Å². The molecule has 3 aromatic rings. The second-order valence-corrected chi connectivity index (χ2v) is 6.45. The van der Waals surface area contributed by atoms with Crippen molar-refractivity contribution in [1.29, 1.82) is 0 Å². The SMILES string of the molecule is Cc1occc1-c1nnc([C@H]2CN(Cc3ccccc3)C[C@@H](C)O2)o1. The minimum atomic E-state index is -0.221. The third kappa shape index (κ3) is 3.50. The van der Waals surface area contributed by atoms with Crippen molar-refractivity contribution in [2.45, 2.75) is 32.6 Å². The van der Waals surface area contributed by atoms with E-state index >= 15 is 0 Å². The molecule has 0 aliphatic carbocycles. The summed E-state index contributed by atoms with van der Waals surface area (Å²) in [5.74, 6) is 1.75.